The first-order valence-electron chi connectivity index (χ1n) is 8.10. The number of aliphatic hydroxyl groups excluding tert-OH is 1. The number of benzene rings is 1. The maximum absolute atomic E-state index is 10.8. The lowest BCUT2D eigenvalue weighted by Gasteiger charge is -2.01. The van der Waals surface area contributed by atoms with Crippen molar-refractivity contribution in [2.75, 3.05) is 12.4 Å². The molecule has 1 aromatic carbocycles. The molecule has 3 aromatic rings. The quantitative estimate of drug-likeness (QED) is 0.340. The fraction of sp³-hybridized carbons (Fsp3) is 0.211. The first kappa shape index (κ1) is 20.3. The molecule has 0 aliphatic heterocycles. The molecule has 0 fully saturated rings. The highest BCUT2D eigenvalue weighted by atomic mass is 32.1. The third kappa shape index (κ3) is 4.60. The number of aldehydes is 1. The molecular formula is C19H20N4O3S. The van der Waals surface area contributed by atoms with Crippen LogP contribution in [0.1, 0.15) is 38.2 Å². The second-order valence-corrected chi connectivity index (χ2v) is 6.72. The molecule has 0 saturated carbocycles. The second kappa shape index (κ2) is 9.11. The fourth-order valence-electron chi connectivity index (χ4n) is 2.50. The van der Waals surface area contributed by atoms with Crippen molar-refractivity contribution in [2.24, 2.45) is 5.11 Å². The highest BCUT2D eigenvalue weighted by Crippen LogP contribution is 2.38. The molecule has 3 N–H and O–H groups in total. The Morgan fingerprint density at radius 1 is 1.37 bits per heavy atom. The summed E-state index contributed by atoms with van der Waals surface area (Å²) in [4.78, 5) is 26.9. The van der Waals surface area contributed by atoms with E-state index >= 15 is 0 Å². The Bertz CT molecular complexity index is 981. The van der Waals surface area contributed by atoms with Crippen LogP contribution < -0.4 is 5.32 Å². The van der Waals surface area contributed by atoms with Crippen molar-refractivity contribution in [3.05, 3.63) is 52.0 Å². The van der Waals surface area contributed by atoms with Gasteiger partial charge in [-0.15, -0.1) is 11.3 Å². The Morgan fingerprint density at radius 2 is 2.04 bits per heavy atom. The van der Waals surface area contributed by atoms with Crippen LogP contribution >= 0.6 is 11.3 Å². The van der Waals surface area contributed by atoms with Gasteiger partial charge < -0.3 is 10.4 Å². The number of hydrogen-bond acceptors (Lipinski definition) is 8. The Balaban J connectivity index is 0.000000208. The van der Waals surface area contributed by atoms with Gasteiger partial charge in [0.15, 0.2) is 12.1 Å². The molecule has 8 heteroatoms. The Labute approximate surface area is 160 Å². The topological polar surface area (TPSA) is 115 Å². The van der Waals surface area contributed by atoms with Gasteiger partial charge in [0, 0.05) is 29.4 Å². The van der Waals surface area contributed by atoms with E-state index in [9.17, 15) is 14.7 Å². The number of pyridine rings is 1. The summed E-state index contributed by atoms with van der Waals surface area (Å²) >= 11 is 1.19. The van der Waals surface area contributed by atoms with Crippen LogP contribution in [0.2, 0.25) is 0 Å². The SMILES string of the molecule is CNc1ccc(C(C)=O)cc1.Cc1cc(CO)c2c(N=N)c(C=O)sc2n1. The van der Waals surface area contributed by atoms with Gasteiger partial charge in [0.25, 0.3) is 0 Å². The molecule has 0 saturated heterocycles. The molecule has 140 valence electrons. The van der Waals surface area contributed by atoms with Gasteiger partial charge in [-0.2, -0.15) is 5.11 Å². The number of nitrogens with one attached hydrogen (secondary N) is 2. The standard InChI is InChI=1S/C10H9N3O2S.C9H11NO/c1-5-2-6(3-14)8-9(13-11)7(4-15)16-10(8)12-5;1-7(11)8-3-5-9(10-2)6-4-8/h2,4,11,14H,3H2,1H3;3-6,10H,1-2H3. The number of carbonyl (C=O) groups is 2. The molecule has 2 aromatic heterocycles. The van der Waals surface area contributed by atoms with E-state index in [0.717, 1.165) is 16.9 Å². The van der Waals surface area contributed by atoms with Crippen molar-refractivity contribution in [3.63, 3.8) is 0 Å². The molecular weight excluding hydrogens is 364 g/mol. The van der Waals surface area contributed by atoms with Gasteiger partial charge in [-0.25, -0.2) is 10.5 Å². The minimum absolute atomic E-state index is 0.104. The number of thiophene rings is 1. The highest BCUT2D eigenvalue weighted by molar-refractivity contribution is 7.20. The van der Waals surface area contributed by atoms with Gasteiger partial charge in [0.2, 0.25) is 0 Å². The summed E-state index contributed by atoms with van der Waals surface area (Å²) in [5.41, 5.74) is 10.6. The van der Waals surface area contributed by atoms with Crippen molar-refractivity contribution in [2.45, 2.75) is 20.5 Å². The van der Waals surface area contributed by atoms with E-state index in [1.54, 1.807) is 13.0 Å². The molecule has 3 rings (SSSR count). The number of anilines is 1. The normalized spacial score (nSPS) is 10.1. The third-order valence-electron chi connectivity index (χ3n) is 3.84. The van der Waals surface area contributed by atoms with Gasteiger partial charge in [-0.05, 0) is 49.7 Å². The molecule has 0 unspecified atom stereocenters. The molecule has 2 heterocycles. The van der Waals surface area contributed by atoms with Gasteiger partial charge in [0.1, 0.15) is 10.5 Å². The molecule has 0 spiro atoms. The number of nitrogens with zero attached hydrogens (tertiary/aromatic N) is 2. The van der Waals surface area contributed by atoms with E-state index in [-0.39, 0.29) is 12.4 Å². The summed E-state index contributed by atoms with van der Waals surface area (Å²) in [5.74, 6) is 0.104. The zero-order valence-electron chi connectivity index (χ0n) is 15.2. The van der Waals surface area contributed by atoms with Crippen LogP contribution in [0.5, 0.6) is 0 Å². The smallest absolute Gasteiger partial charge is 0.162 e. The molecule has 0 aliphatic rings. The van der Waals surface area contributed by atoms with Crippen LogP contribution in [-0.4, -0.2) is 29.2 Å². The van der Waals surface area contributed by atoms with E-state index in [4.69, 9.17) is 5.53 Å². The number of ketones is 1. The highest BCUT2D eigenvalue weighted by Gasteiger charge is 2.16. The lowest BCUT2D eigenvalue weighted by molar-refractivity contribution is 0.101. The number of aromatic nitrogens is 1. The van der Waals surface area contributed by atoms with Crippen LogP contribution in [0.25, 0.3) is 10.2 Å². The minimum Gasteiger partial charge on any atom is -0.392 e. The lowest BCUT2D eigenvalue weighted by Crippen LogP contribution is -1.92. The summed E-state index contributed by atoms with van der Waals surface area (Å²) in [6.07, 6.45) is 0.663. The average molecular weight is 384 g/mol. The second-order valence-electron chi connectivity index (χ2n) is 5.69. The van der Waals surface area contributed by atoms with Gasteiger partial charge in [-0.3, -0.25) is 9.59 Å². The molecule has 27 heavy (non-hydrogen) atoms. The number of carbonyl (C=O) groups excluding carboxylic acids is 2. The average Bonchev–Trinajstić information content (AvgIpc) is 3.05. The van der Waals surface area contributed by atoms with Crippen molar-refractivity contribution < 1.29 is 14.7 Å². The number of aryl methyl sites for hydroxylation is 1. The Kier molecular flexibility index (Phi) is 6.86. The zero-order chi connectivity index (χ0) is 20.0. The number of Topliss-reactive ketones (excluding diaryl/α,β-unsaturated/α-hetero) is 1. The van der Waals surface area contributed by atoms with Gasteiger partial charge in [0.05, 0.1) is 11.5 Å². The van der Waals surface area contributed by atoms with Crippen LogP contribution in [0.15, 0.2) is 35.4 Å². The molecule has 7 nitrogen and oxygen atoms in total. The monoisotopic (exact) mass is 384 g/mol. The Morgan fingerprint density at radius 3 is 2.52 bits per heavy atom. The summed E-state index contributed by atoms with van der Waals surface area (Å²) in [7, 11) is 1.85. The van der Waals surface area contributed by atoms with Crippen molar-refractivity contribution in [3.8, 4) is 0 Å². The van der Waals surface area contributed by atoms with Gasteiger partial charge in [-0.1, -0.05) is 0 Å². The first-order valence-corrected chi connectivity index (χ1v) is 8.92. The maximum Gasteiger partial charge on any atom is 0.162 e. The van der Waals surface area contributed by atoms with E-state index in [0.29, 0.717) is 32.6 Å². The van der Waals surface area contributed by atoms with Crippen LogP contribution in [0.4, 0.5) is 11.4 Å². The van der Waals surface area contributed by atoms with Crippen LogP contribution in [0, 0.1) is 12.5 Å². The molecule has 0 radical (unpaired) electrons. The number of aliphatic hydroxyl groups is 1. The van der Waals surface area contributed by atoms with Gasteiger partial charge >= 0.3 is 0 Å². The van der Waals surface area contributed by atoms with Crippen LogP contribution in [-0.2, 0) is 6.61 Å². The van der Waals surface area contributed by atoms with E-state index < -0.39 is 0 Å². The predicted octanol–water partition coefficient (Wildman–Crippen LogP) is 4.50. The van der Waals surface area contributed by atoms with Crippen molar-refractivity contribution in [1.29, 1.82) is 5.53 Å². The number of fused-ring (bicyclic) bond motifs is 1. The van der Waals surface area contributed by atoms with Crippen molar-refractivity contribution >= 4 is 45.0 Å². The summed E-state index contributed by atoms with van der Waals surface area (Å²) in [5, 5.41) is 16.2. The minimum atomic E-state index is -0.155. The molecule has 0 atom stereocenters. The van der Waals surface area contributed by atoms with Crippen molar-refractivity contribution in [1.82, 2.24) is 4.98 Å². The third-order valence-corrected chi connectivity index (χ3v) is 4.84. The fourth-order valence-corrected chi connectivity index (χ4v) is 3.52. The molecule has 0 amide bonds. The molecule has 0 bridgehead atoms. The molecule has 0 aliphatic carbocycles. The van der Waals surface area contributed by atoms with E-state index in [1.165, 1.54) is 11.3 Å². The first-order chi connectivity index (χ1) is 12.9. The van der Waals surface area contributed by atoms with E-state index in [2.05, 4.69) is 15.4 Å². The summed E-state index contributed by atoms with van der Waals surface area (Å²) in [6, 6.07) is 9.13. The van der Waals surface area contributed by atoms with E-state index in [1.807, 2.05) is 38.2 Å². The largest absolute Gasteiger partial charge is 0.392 e. The number of hydrogen-bond donors (Lipinski definition) is 3. The zero-order valence-corrected chi connectivity index (χ0v) is 16.1. The lowest BCUT2D eigenvalue weighted by atomic mass is 10.1. The summed E-state index contributed by atoms with van der Waals surface area (Å²) in [6.45, 7) is 3.22. The van der Waals surface area contributed by atoms with Crippen LogP contribution in [0.3, 0.4) is 0 Å². The Hall–Kier alpha value is -2.97. The summed E-state index contributed by atoms with van der Waals surface area (Å²) < 4.78 is 0. The maximum atomic E-state index is 10.8. The number of rotatable bonds is 5. The predicted molar refractivity (Wildman–Crippen MR) is 106 cm³/mol.